The van der Waals surface area contributed by atoms with Crippen LogP contribution in [-0.2, 0) is 4.57 Å². The van der Waals surface area contributed by atoms with Gasteiger partial charge in [-0.2, -0.15) is 43.9 Å². The molecule has 0 spiro atoms. The molecule has 0 aromatic heterocycles. The molecule has 0 amide bonds. The van der Waals surface area contributed by atoms with Crippen LogP contribution >= 0.6 is 7.14 Å². The third-order valence-electron chi connectivity index (χ3n) is 2.03. The van der Waals surface area contributed by atoms with Gasteiger partial charge in [-0.15, -0.1) is 0 Å². The maximum absolute atomic E-state index is 12.6. The number of halogens is 10. The Bertz CT molecular complexity index is 322. The number of rotatable bonds is 3. The van der Waals surface area contributed by atoms with E-state index in [2.05, 4.69) is 0 Å². The van der Waals surface area contributed by atoms with Gasteiger partial charge in [0, 0.05) is 6.16 Å². The summed E-state index contributed by atoms with van der Waals surface area (Å²) in [6, 6.07) is 0. The first-order valence-corrected chi connectivity index (χ1v) is 5.93. The lowest BCUT2D eigenvalue weighted by Gasteiger charge is -2.34. The number of hydrogen-bond donors (Lipinski definition) is 0. The zero-order valence-electron chi connectivity index (χ0n) is 8.34. The Hall–Kier alpha value is -0.470. The zero-order chi connectivity index (χ0) is 15.2. The third-order valence-corrected chi connectivity index (χ3v) is 5.25. The van der Waals surface area contributed by atoms with Crippen LogP contribution in [0.5, 0.6) is 0 Å². The first-order valence-electron chi connectivity index (χ1n) is 4.04. The third kappa shape index (κ3) is 2.21. The van der Waals surface area contributed by atoms with Crippen molar-refractivity contribution in [1.82, 2.24) is 0 Å². The lowest BCUT2D eigenvalue weighted by molar-refractivity contribution is -0.266. The Kier molecular flexibility index (Phi) is 4.17. The van der Waals surface area contributed by atoms with Gasteiger partial charge in [0.25, 0.3) is 0 Å². The lowest BCUT2D eigenvalue weighted by atomic mass is 10.7. The normalized spacial score (nSPS) is 15.9. The standard InChI is InChI=1S/C6H5F10OP/c1-2-18(17,5(13,14)3(7,8)9)6(15,16)4(10,11)12/h2H2,1H3. The molecule has 0 aliphatic carbocycles. The van der Waals surface area contributed by atoms with Crippen LogP contribution in [-0.4, -0.2) is 29.8 Å². The van der Waals surface area contributed by atoms with Crippen LogP contribution in [0, 0.1) is 0 Å². The SMILES string of the molecule is CCP(=O)(C(F)(F)C(F)(F)F)C(F)(F)C(F)(F)F. The van der Waals surface area contributed by atoms with Crippen LogP contribution in [0.2, 0.25) is 0 Å². The minimum atomic E-state index is -7.27. The van der Waals surface area contributed by atoms with Gasteiger partial charge in [-0.05, 0) is 0 Å². The van der Waals surface area contributed by atoms with Crippen LogP contribution in [0.25, 0.3) is 0 Å². The Morgan fingerprint density at radius 3 is 1.06 bits per heavy atom. The van der Waals surface area contributed by atoms with Gasteiger partial charge in [0.2, 0.25) is 7.14 Å². The van der Waals surface area contributed by atoms with Crippen molar-refractivity contribution < 1.29 is 48.5 Å². The van der Waals surface area contributed by atoms with Crippen LogP contribution < -0.4 is 0 Å². The second-order valence-electron chi connectivity index (χ2n) is 3.13. The van der Waals surface area contributed by atoms with Crippen molar-refractivity contribution in [2.75, 3.05) is 6.16 Å². The van der Waals surface area contributed by atoms with Crippen molar-refractivity contribution in [3.05, 3.63) is 0 Å². The van der Waals surface area contributed by atoms with E-state index in [1.165, 1.54) is 0 Å². The molecule has 0 rings (SSSR count). The van der Waals surface area contributed by atoms with Crippen LogP contribution in [0.15, 0.2) is 0 Å². The summed E-state index contributed by atoms with van der Waals surface area (Å²) in [5, 5.41) is 0. The molecule has 0 atom stereocenters. The Labute approximate surface area is 93.5 Å². The highest BCUT2D eigenvalue weighted by Gasteiger charge is 2.82. The molecule has 12 heteroatoms. The van der Waals surface area contributed by atoms with E-state index in [9.17, 15) is 48.5 Å². The molecule has 0 aliphatic rings. The Morgan fingerprint density at radius 2 is 0.944 bits per heavy atom. The zero-order valence-corrected chi connectivity index (χ0v) is 9.24. The summed E-state index contributed by atoms with van der Waals surface area (Å²) < 4.78 is 132. The molecule has 0 aliphatic heterocycles. The van der Waals surface area contributed by atoms with E-state index in [4.69, 9.17) is 0 Å². The highest BCUT2D eigenvalue weighted by molar-refractivity contribution is 7.66. The molecule has 0 fully saturated rings. The van der Waals surface area contributed by atoms with Gasteiger partial charge in [0.15, 0.2) is 0 Å². The summed E-state index contributed by atoms with van der Waals surface area (Å²) in [5.74, 6) is 0. The van der Waals surface area contributed by atoms with Crippen molar-refractivity contribution in [2.45, 2.75) is 30.6 Å². The van der Waals surface area contributed by atoms with Gasteiger partial charge in [-0.3, -0.25) is 0 Å². The van der Waals surface area contributed by atoms with Gasteiger partial charge in [0.1, 0.15) is 0 Å². The first kappa shape index (κ1) is 17.5. The predicted molar refractivity (Wildman–Crippen MR) is 40.2 cm³/mol. The predicted octanol–water partition coefficient (Wildman–Crippen LogP) is 4.68. The average molecular weight is 314 g/mol. The van der Waals surface area contributed by atoms with E-state index in [1.54, 1.807) is 0 Å². The van der Waals surface area contributed by atoms with Crippen molar-refractivity contribution in [1.29, 1.82) is 0 Å². The maximum Gasteiger partial charge on any atom is 0.461 e. The molecule has 0 saturated carbocycles. The fraction of sp³-hybridized carbons (Fsp3) is 1.00. The molecule has 0 aromatic rings. The second-order valence-corrected chi connectivity index (χ2v) is 6.37. The minimum absolute atomic E-state index is 0.139. The van der Waals surface area contributed by atoms with Crippen molar-refractivity contribution in [2.24, 2.45) is 0 Å². The summed E-state index contributed by atoms with van der Waals surface area (Å²) in [4.78, 5) is 0. The summed E-state index contributed by atoms with van der Waals surface area (Å²) in [7, 11) is -7.27. The molecule has 0 radical (unpaired) electrons. The largest absolute Gasteiger partial charge is 0.461 e. The first-order chi connectivity index (χ1) is 7.56. The van der Waals surface area contributed by atoms with E-state index in [1.807, 2.05) is 0 Å². The topological polar surface area (TPSA) is 17.1 Å². The molecule has 0 aromatic carbocycles. The number of alkyl halides is 10. The minimum Gasteiger partial charge on any atom is -0.310 e. The van der Waals surface area contributed by atoms with Crippen molar-refractivity contribution >= 4 is 7.14 Å². The summed E-state index contributed by atoms with van der Waals surface area (Å²) in [6.45, 7) is 0.139. The maximum atomic E-state index is 12.6. The van der Waals surface area contributed by atoms with Gasteiger partial charge in [-0.25, -0.2) is 0 Å². The van der Waals surface area contributed by atoms with E-state index < -0.39 is 37.0 Å². The molecular formula is C6H5F10OP. The average Bonchev–Trinajstić information content (AvgIpc) is 2.12. The number of hydrogen-bond acceptors (Lipinski definition) is 1. The lowest BCUT2D eigenvalue weighted by Crippen LogP contribution is -2.47. The van der Waals surface area contributed by atoms with Crippen LogP contribution in [0.4, 0.5) is 43.9 Å². The van der Waals surface area contributed by atoms with E-state index in [0.29, 0.717) is 0 Å². The quantitative estimate of drug-likeness (QED) is 0.546. The van der Waals surface area contributed by atoms with Gasteiger partial charge < -0.3 is 4.57 Å². The molecular weight excluding hydrogens is 309 g/mol. The van der Waals surface area contributed by atoms with Gasteiger partial charge in [-0.1, -0.05) is 6.92 Å². The van der Waals surface area contributed by atoms with Crippen LogP contribution in [0.3, 0.4) is 0 Å². The van der Waals surface area contributed by atoms with E-state index >= 15 is 0 Å². The Balaban J connectivity index is 6.06. The smallest absolute Gasteiger partial charge is 0.310 e. The van der Waals surface area contributed by atoms with Crippen molar-refractivity contribution in [3.8, 4) is 0 Å². The van der Waals surface area contributed by atoms with Crippen LogP contribution in [0.1, 0.15) is 6.92 Å². The van der Waals surface area contributed by atoms with Crippen molar-refractivity contribution in [3.63, 3.8) is 0 Å². The Morgan fingerprint density at radius 1 is 0.722 bits per heavy atom. The molecule has 0 heterocycles. The molecule has 0 unspecified atom stereocenters. The monoisotopic (exact) mass is 314 g/mol. The fourth-order valence-corrected chi connectivity index (χ4v) is 2.95. The highest BCUT2D eigenvalue weighted by Crippen LogP contribution is 2.76. The molecule has 18 heavy (non-hydrogen) atoms. The second kappa shape index (κ2) is 4.28. The molecule has 110 valence electrons. The van der Waals surface area contributed by atoms with Gasteiger partial charge in [0.05, 0.1) is 0 Å². The summed E-state index contributed by atoms with van der Waals surface area (Å²) in [6.07, 6.45) is -15.7. The summed E-state index contributed by atoms with van der Waals surface area (Å²) in [5.41, 5.74) is -13.3. The molecule has 1 nitrogen and oxygen atoms in total. The summed E-state index contributed by atoms with van der Waals surface area (Å²) >= 11 is 0. The molecule has 0 saturated heterocycles. The fourth-order valence-electron chi connectivity index (χ4n) is 0.983. The highest BCUT2D eigenvalue weighted by atomic mass is 31.2. The van der Waals surface area contributed by atoms with E-state index in [-0.39, 0.29) is 6.92 Å². The molecule has 0 bridgehead atoms. The van der Waals surface area contributed by atoms with Gasteiger partial charge >= 0.3 is 23.7 Å². The molecule has 0 N–H and O–H groups in total. The van der Waals surface area contributed by atoms with E-state index in [0.717, 1.165) is 0 Å².